The molecule has 1 aliphatic rings. The predicted molar refractivity (Wildman–Crippen MR) is 98.3 cm³/mol. The minimum absolute atomic E-state index is 0. The molecule has 1 saturated heterocycles. The van der Waals surface area contributed by atoms with Crippen molar-refractivity contribution in [3.63, 3.8) is 0 Å². The molecule has 0 amide bonds. The molecule has 1 aromatic carbocycles. The van der Waals surface area contributed by atoms with Gasteiger partial charge in [0, 0.05) is 39.7 Å². The van der Waals surface area contributed by atoms with E-state index >= 15 is 0 Å². The predicted octanol–water partition coefficient (Wildman–Crippen LogP) is 2.66. The molecule has 1 aliphatic heterocycles. The van der Waals surface area contributed by atoms with Crippen LogP contribution >= 0.6 is 24.0 Å². The third-order valence-electron chi connectivity index (χ3n) is 3.81. The highest BCUT2D eigenvalue weighted by Crippen LogP contribution is 2.12. The number of benzene rings is 1. The summed E-state index contributed by atoms with van der Waals surface area (Å²) < 4.78 is 5.40. The molecule has 1 N–H and O–H groups in total. The second-order valence-corrected chi connectivity index (χ2v) is 5.44. The number of hydrogen-bond acceptors (Lipinski definition) is 2. The van der Waals surface area contributed by atoms with Crippen LogP contribution in [-0.4, -0.2) is 44.7 Å². The summed E-state index contributed by atoms with van der Waals surface area (Å²) in [6.07, 6.45) is 1.14. The van der Waals surface area contributed by atoms with Crippen LogP contribution in [-0.2, 0) is 11.3 Å². The van der Waals surface area contributed by atoms with Crippen molar-refractivity contribution in [2.24, 2.45) is 10.9 Å². The SMILES string of the molecule is CN=C(NCC1CCOC1)N(C)Cc1ccccc1C.I. The van der Waals surface area contributed by atoms with Gasteiger partial charge in [-0.05, 0) is 24.5 Å². The van der Waals surface area contributed by atoms with E-state index in [4.69, 9.17) is 4.74 Å². The summed E-state index contributed by atoms with van der Waals surface area (Å²) in [6.45, 7) is 5.71. The largest absolute Gasteiger partial charge is 0.381 e. The molecule has 0 bridgehead atoms. The van der Waals surface area contributed by atoms with E-state index in [-0.39, 0.29) is 24.0 Å². The Hall–Kier alpha value is -0.820. The third kappa shape index (κ3) is 5.47. The molecule has 1 heterocycles. The Labute approximate surface area is 145 Å². The van der Waals surface area contributed by atoms with E-state index < -0.39 is 0 Å². The Bertz CT molecular complexity index is 459. The van der Waals surface area contributed by atoms with Gasteiger partial charge in [-0.25, -0.2) is 0 Å². The molecule has 0 spiro atoms. The van der Waals surface area contributed by atoms with E-state index in [0.717, 1.165) is 38.7 Å². The van der Waals surface area contributed by atoms with Crippen molar-refractivity contribution in [1.29, 1.82) is 0 Å². The Morgan fingerprint density at radius 1 is 1.43 bits per heavy atom. The van der Waals surface area contributed by atoms with Crippen LogP contribution in [0.5, 0.6) is 0 Å². The highest BCUT2D eigenvalue weighted by Gasteiger charge is 2.16. The maximum atomic E-state index is 5.40. The first kappa shape index (κ1) is 18.2. The van der Waals surface area contributed by atoms with Crippen LogP contribution in [0.1, 0.15) is 17.5 Å². The van der Waals surface area contributed by atoms with Gasteiger partial charge in [-0.3, -0.25) is 4.99 Å². The van der Waals surface area contributed by atoms with Gasteiger partial charge < -0.3 is 15.0 Å². The first-order valence-corrected chi connectivity index (χ1v) is 7.24. The molecular weight excluding hydrogens is 377 g/mol. The summed E-state index contributed by atoms with van der Waals surface area (Å²) in [5, 5.41) is 3.45. The number of hydrogen-bond donors (Lipinski definition) is 1. The van der Waals surface area contributed by atoms with E-state index in [1.165, 1.54) is 11.1 Å². The molecule has 0 aliphatic carbocycles. The van der Waals surface area contributed by atoms with Crippen LogP contribution in [0.3, 0.4) is 0 Å². The molecule has 1 unspecified atom stereocenters. The van der Waals surface area contributed by atoms with Crippen molar-refractivity contribution < 1.29 is 4.74 Å². The minimum atomic E-state index is 0. The van der Waals surface area contributed by atoms with Gasteiger partial charge >= 0.3 is 0 Å². The topological polar surface area (TPSA) is 36.9 Å². The fraction of sp³-hybridized carbons (Fsp3) is 0.562. The van der Waals surface area contributed by atoms with Crippen LogP contribution in [0.25, 0.3) is 0 Å². The summed E-state index contributed by atoms with van der Waals surface area (Å²) in [6, 6.07) is 8.48. The highest BCUT2D eigenvalue weighted by atomic mass is 127. The van der Waals surface area contributed by atoms with Crippen molar-refractivity contribution in [1.82, 2.24) is 10.2 Å². The molecule has 1 aromatic rings. The average Bonchev–Trinajstić information content (AvgIpc) is 2.95. The van der Waals surface area contributed by atoms with E-state index in [0.29, 0.717) is 5.92 Å². The third-order valence-corrected chi connectivity index (χ3v) is 3.81. The second kappa shape index (κ2) is 9.25. The summed E-state index contributed by atoms with van der Waals surface area (Å²) in [5.74, 6) is 1.55. The molecule has 1 fully saturated rings. The van der Waals surface area contributed by atoms with Gasteiger partial charge in [0.2, 0.25) is 0 Å². The fourth-order valence-electron chi connectivity index (χ4n) is 2.48. The Morgan fingerprint density at radius 3 is 2.81 bits per heavy atom. The molecule has 118 valence electrons. The Kier molecular flexibility index (Phi) is 8.03. The van der Waals surface area contributed by atoms with Crippen molar-refractivity contribution in [3.05, 3.63) is 35.4 Å². The van der Waals surface area contributed by atoms with Gasteiger partial charge in [-0.15, -0.1) is 24.0 Å². The van der Waals surface area contributed by atoms with Crippen LogP contribution in [0, 0.1) is 12.8 Å². The highest BCUT2D eigenvalue weighted by molar-refractivity contribution is 14.0. The lowest BCUT2D eigenvalue weighted by molar-refractivity contribution is 0.186. The number of ether oxygens (including phenoxy) is 1. The van der Waals surface area contributed by atoms with Crippen molar-refractivity contribution in [2.45, 2.75) is 19.9 Å². The summed E-state index contributed by atoms with van der Waals surface area (Å²) in [4.78, 5) is 6.53. The lowest BCUT2D eigenvalue weighted by atomic mass is 10.1. The molecule has 5 heteroatoms. The molecule has 1 atom stereocenters. The Morgan fingerprint density at radius 2 is 2.19 bits per heavy atom. The van der Waals surface area contributed by atoms with Crippen molar-refractivity contribution in [3.8, 4) is 0 Å². The first-order valence-electron chi connectivity index (χ1n) is 7.24. The van der Waals surface area contributed by atoms with E-state index in [1.807, 2.05) is 7.05 Å². The first-order chi connectivity index (χ1) is 9.70. The quantitative estimate of drug-likeness (QED) is 0.477. The van der Waals surface area contributed by atoms with Crippen LogP contribution in [0.2, 0.25) is 0 Å². The lowest BCUT2D eigenvalue weighted by Crippen LogP contribution is -2.40. The standard InChI is InChI=1S/C16H25N3O.HI/c1-13-6-4-5-7-15(13)11-19(3)16(17-2)18-10-14-8-9-20-12-14;/h4-7,14H,8-12H2,1-3H3,(H,17,18);1H. The molecule has 0 saturated carbocycles. The van der Waals surface area contributed by atoms with Gasteiger partial charge in [0.25, 0.3) is 0 Å². The van der Waals surface area contributed by atoms with Gasteiger partial charge in [0.05, 0.1) is 6.61 Å². The number of halogens is 1. The minimum Gasteiger partial charge on any atom is -0.381 e. The van der Waals surface area contributed by atoms with Gasteiger partial charge in [-0.2, -0.15) is 0 Å². The Balaban J connectivity index is 0.00000220. The monoisotopic (exact) mass is 403 g/mol. The molecule has 4 nitrogen and oxygen atoms in total. The number of aliphatic imine (C=N–C) groups is 1. The van der Waals surface area contributed by atoms with Gasteiger partial charge in [0.15, 0.2) is 5.96 Å². The van der Waals surface area contributed by atoms with Crippen LogP contribution < -0.4 is 5.32 Å². The lowest BCUT2D eigenvalue weighted by Gasteiger charge is -2.24. The average molecular weight is 403 g/mol. The molecule has 2 rings (SSSR count). The summed E-state index contributed by atoms with van der Waals surface area (Å²) >= 11 is 0. The zero-order valence-electron chi connectivity index (χ0n) is 13.1. The normalized spacial score (nSPS) is 18.2. The molecule has 0 radical (unpaired) electrons. The molecular formula is C16H26IN3O. The number of rotatable bonds is 4. The van der Waals surface area contributed by atoms with Crippen LogP contribution in [0.15, 0.2) is 29.3 Å². The maximum absolute atomic E-state index is 5.40. The number of guanidine groups is 1. The van der Waals surface area contributed by atoms with Crippen LogP contribution in [0.4, 0.5) is 0 Å². The smallest absolute Gasteiger partial charge is 0.193 e. The maximum Gasteiger partial charge on any atom is 0.193 e. The van der Waals surface area contributed by atoms with E-state index in [2.05, 4.69) is 53.4 Å². The second-order valence-electron chi connectivity index (χ2n) is 5.44. The summed E-state index contributed by atoms with van der Waals surface area (Å²) in [5.41, 5.74) is 2.65. The molecule has 0 aromatic heterocycles. The van der Waals surface area contributed by atoms with E-state index in [9.17, 15) is 0 Å². The van der Waals surface area contributed by atoms with Crippen molar-refractivity contribution >= 4 is 29.9 Å². The molecule has 21 heavy (non-hydrogen) atoms. The van der Waals surface area contributed by atoms with Crippen molar-refractivity contribution in [2.75, 3.05) is 33.9 Å². The number of nitrogens with zero attached hydrogens (tertiary/aromatic N) is 2. The number of aryl methyl sites for hydroxylation is 1. The number of nitrogens with one attached hydrogen (secondary N) is 1. The summed E-state index contributed by atoms with van der Waals surface area (Å²) in [7, 11) is 3.91. The van der Waals surface area contributed by atoms with Gasteiger partial charge in [-0.1, -0.05) is 24.3 Å². The van der Waals surface area contributed by atoms with Gasteiger partial charge in [0.1, 0.15) is 0 Å². The fourth-order valence-corrected chi connectivity index (χ4v) is 2.48. The van der Waals surface area contributed by atoms with E-state index in [1.54, 1.807) is 0 Å². The zero-order chi connectivity index (χ0) is 14.4. The zero-order valence-corrected chi connectivity index (χ0v) is 15.5.